The van der Waals surface area contributed by atoms with E-state index in [1.54, 1.807) is 39.4 Å². The molecule has 0 atom stereocenters. The van der Waals surface area contributed by atoms with Crippen LogP contribution in [0.25, 0.3) is 32.7 Å². The van der Waals surface area contributed by atoms with Gasteiger partial charge in [0.15, 0.2) is 16.8 Å². The summed E-state index contributed by atoms with van der Waals surface area (Å²) in [6.45, 7) is 8.38. The normalized spacial score (nSPS) is 14.9. The number of carbonyl (C=O) groups is 1. The molecule has 4 aromatic rings. The van der Waals surface area contributed by atoms with E-state index in [1.807, 2.05) is 30.0 Å². The number of amides is 2. The fourth-order valence-corrected chi connectivity index (χ4v) is 5.06. The molecule has 192 valence electrons. The van der Waals surface area contributed by atoms with E-state index in [0.29, 0.717) is 41.9 Å². The Balaban J connectivity index is 1.59. The number of rotatable bonds is 6. The predicted molar refractivity (Wildman–Crippen MR) is 142 cm³/mol. The molecule has 1 aliphatic heterocycles. The predicted octanol–water partition coefficient (Wildman–Crippen LogP) is 3.15. The molecule has 5 rings (SSSR count). The van der Waals surface area contributed by atoms with E-state index in [2.05, 4.69) is 30.6 Å². The fourth-order valence-electron chi connectivity index (χ4n) is 4.11. The zero-order valence-corrected chi connectivity index (χ0v) is 21.8. The van der Waals surface area contributed by atoms with Crippen molar-refractivity contribution in [3.05, 3.63) is 42.6 Å². The van der Waals surface area contributed by atoms with Crippen LogP contribution in [0.1, 0.15) is 33.5 Å². The second kappa shape index (κ2) is 9.29. The number of carbonyl (C=O) groups excluding carboxylic acids is 1. The molecule has 11 nitrogen and oxygen atoms in total. The highest BCUT2D eigenvalue weighted by Gasteiger charge is 2.37. The number of anilines is 2. The molecule has 4 heterocycles. The van der Waals surface area contributed by atoms with Crippen LogP contribution < -0.4 is 15.5 Å². The summed E-state index contributed by atoms with van der Waals surface area (Å²) in [7, 11) is 0. The van der Waals surface area contributed by atoms with Gasteiger partial charge in [-0.1, -0.05) is 11.3 Å². The molecule has 3 aromatic heterocycles. The number of nitrogens with zero attached hydrogens (tertiary/aromatic N) is 6. The Morgan fingerprint density at radius 3 is 2.54 bits per heavy atom. The van der Waals surface area contributed by atoms with Crippen molar-refractivity contribution >= 4 is 38.5 Å². The SMILES string of the molecule is CCNC(=O)Nc1nc2cc(-c3cnc(C(C)(C)O)nc3)cc(-c3nccc(N4CC(C)(O)C4)n3)c2s1. The molecule has 1 aromatic carbocycles. The summed E-state index contributed by atoms with van der Waals surface area (Å²) in [5.74, 6) is 1.54. The van der Waals surface area contributed by atoms with Crippen LogP contribution in [-0.2, 0) is 5.60 Å². The van der Waals surface area contributed by atoms with Gasteiger partial charge in [0.2, 0.25) is 0 Å². The lowest BCUT2D eigenvalue weighted by molar-refractivity contribution is 0.0305. The van der Waals surface area contributed by atoms with Crippen molar-refractivity contribution in [1.82, 2.24) is 30.2 Å². The molecular formula is C25H28N8O3S. The van der Waals surface area contributed by atoms with Crippen LogP contribution in [0.3, 0.4) is 0 Å². The molecule has 12 heteroatoms. The smallest absolute Gasteiger partial charge is 0.321 e. The monoisotopic (exact) mass is 520 g/mol. The second-order valence-electron chi connectivity index (χ2n) is 9.82. The maximum Gasteiger partial charge on any atom is 0.321 e. The van der Waals surface area contributed by atoms with Crippen LogP contribution in [0, 0.1) is 0 Å². The number of thiazole rings is 1. The third kappa shape index (κ3) is 5.22. The van der Waals surface area contributed by atoms with Crippen molar-refractivity contribution in [1.29, 1.82) is 0 Å². The van der Waals surface area contributed by atoms with Gasteiger partial charge in [0, 0.05) is 49.4 Å². The van der Waals surface area contributed by atoms with E-state index in [4.69, 9.17) is 4.98 Å². The van der Waals surface area contributed by atoms with E-state index >= 15 is 0 Å². The van der Waals surface area contributed by atoms with Crippen LogP contribution in [0.4, 0.5) is 15.7 Å². The van der Waals surface area contributed by atoms with Gasteiger partial charge in [-0.2, -0.15) is 0 Å². The molecule has 0 saturated carbocycles. The summed E-state index contributed by atoms with van der Waals surface area (Å²) in [5, 5.41) is 26.3. The van der Waals surface area contributed by atoms with Gasteiger partial charge in [-0.15, -0.1) is 0 Å². The number of hydrogen-bond acceptors (Lipinski definition) is 10. The Bertz CT molecular complexity index is 1460. The number of β-amino-alcohol motifs (C(OH)–C–C–N with tert-alkyl or cyclic N) is 1. The van der Waals surface area contributed by atoms with Gasteiger partial charge in [0.1, 0.15) is 11.4 Å². The standard InChI is InChI=1S/C25H28N8O3S/c1-5-26-22(34)32-23-30-17-9-14(15-10-28-21(29-11-15)24(2,3)35)8-16(19(17)37-23)20-27-7-6-18(31-20)33-12-25(4,36)13-33/h6-11,35-36H,5,12-13H2,1-4H3,(H2,26,30,32,34). The highest BCUT2D eigenvalue weighted by Crippen LogP contribution is 2.38. The molecule has 0 spiro atoms. The number of aliphatic hydroxyl groups is 2. The van der Waals surface area contributed by atoms with Gasteiger partial charge >= 0.3 is 6.03 Å². The molecule has 0 aliphatic carbocycles. The average Bonchev–Trinajstić information content (AvgIpc) is 3.23. The molecule has 1 saturated heterocycles. The first-order chi connectivity index (χ1) is 17.5. The van der Waals surface area contributed by atoms with Crippen molar-refractivity contribution in [3.63, 3.8) is 0 Å². The lowest BCUT2D eigenvalue weighted by atomic mass is 9.97. The molecule has 1 fully saturated rings. The van der Waals surface area contributed by atoms with Crippen LogP contribution in [0.2, 0.25) is 0 Å². The zero-order valence-electron chi connectivity index (χ0n) is 21.0. The van der Waals surface area contributed by atoms with E-state index in [0.717, 1.165) is 27.2 Å². The van der Waals surface area contributed by atoms with Crippen molar-refractivity contribution in [2.24, 2.45) is 0 Å². The quantitative estimate of drug-likeness (QED) is 0.301. The van der Waals surface area contributed by atoms with Crippen molar-refractivity contribution in [2.45, 2.75) is 38.9 Å². The fraction of sp³-hybridized carbons (Fsp3) is 0.360. The maximum atomic E-state index is 12.1. The summed E-state index contributed by atoms with van der Waals surface area (Å²) in [6.07, 6.45) is 5.01. The van der Waals surface area contributed by atoms with Crippen molar-refractivity contribution in [2.75, 3.05) is 29.9 Å². The Hall–Kier alpha value is -3.74. The number of aromatic nitrogens is 5. The highest BCUT2D eigenvalue weighted by atomic mass is 32.1. The Morgan fingerprint density at radius 2 is 1.89 bits per heavy atom. The molecular weight excluding hydrogens is 492 g/mol. The third-order valence-corrected chi connectivity index (χ3v) is 6.87. The largest absolute Gasteiger partial charge is 0.386 e. The van der Waals surface area contributed by atoms with E-state index in [-0.39, 0.29) is 6.03 Å². The molecule has 4 N–H and O–H groups in total. The number of urea groups is 1. The number of nitrogens with one attached hydrogen (secondary N) is 2. The van der Waals surface area contributed by atoms with Crippen LogP contribution in [0.5, 0.6) is 0 Å². The molecule has 2 amide bonds. The minimum atomic E-state index is -1.15. The second-order valence-corrected chi connectivity index (χ2v) is 10.8. The Morgan fingerprint density at radius 1 is 1.16 bits per heavy atom. The first-order valence-electron chi connectivity index (χ1n) is 11.9. The molecule has 1 aliphatic rings. The van der Waals surface area contributed by atoms with Crippen LogP contribution >= 0.6 is 11.3 Å². The van der Waals surface area contributed by atoms with Gasteiger partial charge in [0.05, 0.1) is 15.8 Å². The molecule has 0 bridgehead atoms. The van der Waals surface area contributed by atoms with Gasteiger partial charge < -0.3 is 20.4 Å². The minimum absolute atomic E-state index is 0.320. The van der Waals surface area contributed by atoms with Crippen molar-refractivity contribution in [3.8, 4) is 22.5 Å². The van der Waals surface area contributed by atoms with Gasteiger partial charge in [-0.05, 0) is 51.5 Å². The van der Waals surface area contributed by atoms with Gasteiger partial charge in [-0.3, -0.25) is 5.32 Å². The summed E-state index contributed by atoms with van der Waals surface area (Å²) in [5.41, 5.74) is 1.05. The summed E-state index contributed by atoms with van der Waals surface area (Å²) in [6, 6.07) is 5.33. The van der Waals surface area contributed by atoms with Crippen molar-refractivity contribution < 1.29 is 15.0 Å². The zero-order chi connectivity index (χ0) is 26.4. The minimum Gasteiger partial charge on any atom is -0.386 e. The molecule has 0 unspecified atom stereocenters. The van der Waals surface area contributed by atoms with Gasteiger partial charge in [0.25, 0.3) is 0 Å². The first kappa shape index (κ1) is 24.9. The summed E-state index contributed by atoms with van der Waals surface area (Å²) < 4.78 is 0.817. The lowest BCUT2D eigenvalue weighted by Gasteiger charge is -2.44. The molecule has 0 radical (unpaired) electrons. The number of hydrogen-bond donors (Lipinski definition) is 4. The number of benzene rings is 1. The van der Waals surface area contributed by atoms with Crippen LogP contribution in [-0.4, -0.2) is 66.4 Å². The summed E-state index contributed by atoms with van der Waals surface area (Å²) >= 11 is 1.34. The topological polar surface area (TPSA) is 149 Å². The number of fused-ring (bicyclic) bond motifs is 1. The first-order valence-corrected chi connectivity index (χ1v) is 12.7. The van der Waals surface area contributed by atoms with E-state index < -0.39 is 11.2 Å². The Kier molecular flexibility index (Phi) is 6.26. The third-order valence-electron chi connectivity index (χ3n) is 5.85. The lowest BCUT2D eigenvalue weighted by Crippen LogP contribution is -2.60. The maximum absolute atomic E-state index is 12.1. The average molecular weight is 521 g/mol. The molecule has 37 heavy (non-hydrogen) atoms. The highest BCUT2D eigenvalue weighted by molar-refractivity contribution is 7.22. The summed E-state index contributed by atoms with van der Waals surface area (Å²) in [4.78, 5) is 36.7. The Labute approximate surface area is 217 Å². The van der Waals surface area contributed by atoms with Gasteiger partial charge in [-0.25, -0.2) is 29.7 Å². The van der Waals surface area contributed by atoms with E-state index in [1.165, 1.54) is 11.3 Å². The van der Waals surface area contributed by atoms with Crippen LogP contribution in [0.15, 0.2) is 36.8 Å². The van der Waals surface area contributed by atoms with E-state index in [9.17, 15) is 15.0 Å².